The lowest BCUT2D eigenvalue weighted by atomic mass is 9.82. The zero-order valence-corrected chi connectivity index (χ0v) is 11.8. The van der Waals surface area contributed by atoms with Crippen LogP contribution >= 0.6 is 0 Å². The summed E-state index contributed by atoms with van der Waals surface area (Å²) in [5.74, 6) is 0.700. The first kappa shape index (κ1) is 13.1. The highest BCUT2D eigenvalue weighted by Gasteiger charge is 2.27. The van der Waals surface area contributed by atoms with Gasteiger partial charge >= 0.3 is 0 Å². The number of nitrogens with one attached hydrogen (secondary N) is 1. The number of benzene rings is 1. The van der Waals surface area contributed by atoms with Crippen LogP contribution in [0.5, 0.6) is 0 Å². The molecule has 19 heavy (non-hydrogen) atoms. The van der Waals surface area contributed by atoms with Crippen molar-refractivity contribution in [2.24, 2.45) is 11.7 Å². The van der Waals surface area contributed by atoms with E-state index < -0.39 is 0 Å². The summed E-state index contributed by atoms with van der Waals surface area (Å²) in [7, 11) is 0. The Hall–Kier alpha value is -0.860. The van der Waals surface area contributed by atoms with Gasteiger partial charge in [-0.05, 0) is 55.7 Å². The second kappa shape index (κ2) is 6.06. The van der Waals surface area contributed by atoms with Crippen molar-refractivity contribution < 1.29 is 0 Å². The normalized spacial score (nSPS) is 30.9. The second-order valence-electron chi connectivity index (χ2n) is 6.26. The van der Waals surface area contributed by atoms with E-state index in [0.717, 1.165) is 6.54 Å². The molecular weight excluding hydrogens is 232 g/mol. The van der Waals surface area contributed by atoms with Gasteiger partial charge in [0.1, 0.15) is 0 Å². The molecule has 1 saturated carbocycles. The van der Waals surface area contributed by atoms with Gasteiger partial charge in [-0.3, -0.25) is 0 Å². The standard InChI is InChI=1S/C17H26N2/c18-12-15-7-3-4-8-17(15)19-16-10-9-13-5-1-2-6-14(13)11-16/h1-2,5-6,15-17,19H,3-4,7-12,18H2. The Morgan fingerprint density at radius 3 is 2.68 bits per heavy atom. The molecule has 0 heterocycles. The summed E-state index contributed by atoms with van der Waals surface area (Å²) in [6.07, 6.45) is 9.09. The Labute approximate surface area is 116 Å². The maximum atomic E-state index is 5.94. The van der Waals surface area contributed by atoms with Crippen molar-refractivity contribution in [1.82, 2.24) is 5.32 Å². The highest BCUT2D eigenvalue weighted by molar-refractivity contribution is 5.30. The molecule has 3 N–H and O–H groups in total. The van der Waals surface area contributed by atoms with Gasteiger partial charge in [-0.25, -0.2) is 0 Å². The van der Waals surface area contributed by atoms with E-state index in [-0.39, 0.29) is 0 Å². The SMILES string of the molecule is NCC1CCCCC1NC1CCc2ccccc2C1. The average Bonchev–Trinajstić information content (AvgIpc) is 2.48. The molecule has 0 bridgehead atoms. The van der Waals surface area contributed by atoms with Crippen LogP contribution in [0.4, 0.5) is 0 Å². The number of nitrogens with two attached hydrogens (primary N) is 1. The third-order valence-electron chi connectivity index (χ3n) is 5.01. The van der Waals surface area contributed by atoms with Crippen molar-refractivity contribution in [2.75, 3.05) is 6.54 Å². The maximum absolute atomic E-state index is 5.94. The highest BCUT2D eigenvalue weighted by Crippen LogP contribution is 2.27. The summed E-state index contributed by atoms with van der Waals surface area (Å²) in [5, 5.41) is 3.92. The van der Waals surface area contributed by atoms with E-state index in [2.05, 4.69) is 29.6 Å². The molecule has 3 atom stereocenters. The Kier molecular flexibility index (Phi) is 4.19. The fraction of sp³-hybridized carbons (Fsp3) is 0.647. The average molecular weight is 258 g/mol. The molecule has 3 rings (SSSR count). The summed E-state index contributed by atoms with van der Waals surface area (Å²) >= 11 is 0. The molecule has 0 amide bonds. The molecule has 3 unspecified atom stereocenters. The molecule has 0 spiro atoms. The van der Waals surface area contributed by atoms with Gasteiger partial charge in [0.05, 0.1) is 0 Å². The van der Waals surface area contributed by atoms with Crippen LogP contribution < -0.4 is 11.1 Å². The zero-order chi connectivity index (χ0) is 13.1. The van der Waals surface area contributed by atoms with Gasteiger partial charge in [-0.2, -0.15) is 0 Å². The minimum absolute atomic E-state index is 0.659. The van der Waals surface area contributed by atoms with Crippen LogP contribution in [0.1, 0.15) is 43.2 Å². The molecule has 2 heteroatoms. The summed E-state index contributed by atoms with van der Waals surface area (Å²) in [6, 6.07) is 10.2. The number of fused-ring (bicyclic) bond motifs is 1. The molecule has 0 aromatic heterocycles. The van der Waals surface area contributed by atoms with Crippen molar-refractivity contribution in [3.05, 3.63) is 35.4 Å². The molecule has 2 aliphatic rings. The van der Waals surface area contributed by atoms with Crippen LogP contribution in [0.2, 0.25) is 0 Å². The van der Waals surface area contributed by atoms with Gasteiger partial charge in [0.15, 0.2) is 0 Å². The molecule has 104 valence electrons. The first-order valence-electron chi connectivity index (χ1n) is 7.89. The van der Waals surface area contributed by atoms with Gasteiger partial charge in [0.25, 0.3) is 0 Å². The third kappa shape index (κ3) is 3.01. The van der Waals surface area contributed by atoms with E-state index in [1.165, 1.54) is 44.9 Å². The largest absolute Gasteiger partial charge is 0.330 e. The van der Waals surface area contributed by atoms with Crippen LogP contribution in [0.3, 0.4) is 0 Å². The molecule has 1 aromatic rings. The van der Waals surface area contributed by atoms with Crippen LogP contribution in [0.25, 0.3) is 0 Å². The molecule has 2 nitrogen and oxygen atoms in total. The molecule has 0 radical (unpaired) electrons. The van der Waals surface area contributed by atoms with Crippen LogP contribution in [-0.4, -0.2) is 18.6 Å². The van der Waals surface area contributed by atoms with E-state index in [0.29, 0.717) is 18.0 Å². The minimum Gasteiger partial charge on any atom is -0.330 e. The van der Waals surface area contributed by atoms with Gasteiger partial charge < -0.3 is 11.1 Å². The third-order valence-corrected chi connectivity index (χ3v) is 5.01. The zero-order valence-electron chi connectivity index (χ0n) is 11.8. The summed E-state index contributed by atoms with van der Waals surface area (Å²) in [4.78, 5) is 0. The van der Waals surface area contributed by atoms with Gasteiger partial charge in [-0.1, -0.05) is 37.1 Å². The summed E-state index contributed by atoms with van der Waals surface area (Å²) in [5.41, 5.74) is 9.04. The van der Waals surface area contributed by atoms with Crippen LogP contribution in [-0.2, 0) is 12.8 Å². The number of aryl methyl sites for hydroxylation is 1. The first-order valence-corrected chi connectivity index (χ1v) is 7.89. The fourth-order valence-corrected chi connectivity index (χ4v) is 3.85. The predicted octanol–water partition coefficient (Wildman–Crippen LogP) is 2.65. The number of hydrogen-bond donors (Lipinski definition) is 2. The Bertz CT molecular complexity index is 415. The lowest BCUT2D eigenvalue weighted by Crippen LogP contribution is -2.48. The molecule has 0 saturated heterocycles. The Balaban J connectivity index is 1.62. The fourth-order valence-electron chi connectivity index (χ4n) is 3.85. The van der Waals surface area contributed by atoms with E-state index in [1.54, 1.807) is 11.1 Å². The van der Waals surface area contributed by atoms with Crippen molar-refractivity contribution in [3.8, 4) is 0 Å². The van der Waals surface area contributed by atoms with Crippen molar-refractivity contribution in [1.29, 1.82) is 0 Å². The molecule has 2 aliphatic carbocycles. The molecule has 0 aliphatic heterocycles. The van der Waals surface area contributed by atoms with E-state index >= 15 is 0 Å². The van der Waals surface area contributed by atoms with Gasteiger partial charge in [0.2, 0.25) is 0 Å². The maximum Gasteiger partial charge on any atom is 0.0113 e. The Morgan fingerprint density at radius 2 is 1.84 bits per heavy atom. The molecular formula is C17H26N2. The predicted molar refractivity (Wildman–Crippen MR) is 80.2 cm³/mol. The van der Waals surface area contributed by atoms with Crippen LogP contribution in [0, 0.1) is 5.92 Å². The number of rotatable bonds is 3. The lowest BCUT2D eigenvalue weighted by molar-refractivity contribution is 0.240. The molecule has 1 fully saturated rings. The van der Waals surface area contributed by atoms with Crippen molar-refractivity contribution in [3.63, 3.8) is 0 Å². The van der Waals surface area contributed by atoms with Crippen LogP contribution in [0.15, 0.2) is 24.3 Å². The minimum atomic E-state index is 0.659. The first-order chi connectivity index (χ1) is 9.36. The van der Waals surface area contributed by atoms with E-state index in [1.807, 2.05) is 0 Å². The number of hydrogen-bond acceptors (Lipinski definition) is 2. The molecule has 1 aromatic carbocycles. The van der Waals surface area contributed by atoms with Gasteiger partial charge in [0, 0.05) is 12.1 Å². The monoisotopic (exact) mass is 258 g/mol. The quantitative estimate of drug-likeness (QED) is 0.874. The topological polar surface area (TPSA) is 38.0 Å². The van der Waals surface area contributed by atoms with Crippen molar-refractivity contribution in [2.45, 2.75) is 57.0 Å². The highest BCUT2D eigenvalue weighted by atomic mass is 15.0. The summed E-state index contributed by atoms with van der Waals surface area (Å²) in [6.45, 7) is 0.848. The van der Waals surface area contributed by atoms with E-state index in [9.17, 15) is 0 Å². The smallest absolute Gasteiger partial charge is 0.0113 e. The van der Waals surface area contributed by atoms with Gasteiger partial charge in [-0.15, -0.1) is 0 Å². The Morgan fingerprint density at radius 1 is 1.05 bits per heavy atom. The van der Waals surface area contributed by atoms with E-state index in [4.69, 9.17) is 5.73 Å². The second-order valence-corrected chi connectivity index (χ2v) is 6.26. The lowest BCUT2D eigenvalue weighted by Gasteiger charge is -2.36. The summed E-state index contributed by atoms with van der Waals surface area (Å²) < 4.78 is 0. The van der Waals surface area contributed by atoms with Crippen molar-refractivity contribution >= 4 is 0 Å².